The molecule has 1 heterocycles. The van der Waals surface area contributed by atoms with Gasteiger partial charge in [-0.1, -0.05) is 69.3 Å². The molecule has 0 unspecified atom stereocenters. The van der Waals surface area contributed by atoms with Gasteiger partial charge in [-0.2, -0.15) is 0 Å². The second kappa shape index (κ2) is 7.86. The lowest BCUT2D eigenvalue weighted by molar-refractivity contribution is 0.478. The number of anilines is 3. The molecule has 1 aliphatic rings. The Kier molecular flexibility index (Phi) is 4.95. The summed E-state index contributed by atoms with van der Waals surface area (Å²) in [5, 5.41) is 4.91. The van der Waals surface area contributed by atoms with E-state index in [1.807, 2.05) is 0 Å². The Morgan fingerprint density at radius 3 is 1.72 bits per heavy atom. The van der Waals surface area contributed by atoms with Gasteiger partial charge in [-0.05, 0) is 107 Å². The van der Waals surface area contributed by atoms with E-state index in [2.05, 4.69) is 126 Å². The summed E-state index contributed by atoms with van der Waals surface area (Å²) in [6.07, 6.45) is 0. The molecule has 2 heteroatoms. The van der Waals surface area contributed by atoms with E-state index in [4.69, 9.17) is 4.74 Å². The maximum atomic E-state index is 6.66. The van der Waals surface area contributed by atoms with Gasteiger partial charge in [0.05, 0.1) is 17.1 Å². The summed E-state index contributed by atoms with van der Waals surface area (Å²) < 4.78 is 6.66. The highest BCUT2D eigenvalue weighted by atomic mass is 16.5. The molecule has 0 aromatic heterocycles. The van der Waals surface area contributed by atoms with Crippen LogP contribution in [0.5, 0.6) is 11.5 Å². The molecule has 5 aromatic carbocycles. The number of fused-ring (bicyclic) bond motifs is 4. The van der Waals surface area contributed by atoms with Gasteiger partial charge < -0.3 is 9.64 Å². The number of rotatable bonds is 1. The van der Waals surface area contributed by atoms with Crippen molar-refractivity contribution in [3.8, 4) is 11.5 Å². The van der Waals surface area contributed by atoms with Gasteiger partial charge in [0.25, 0.3) is 0 Å². The van der Waals surface area contributed by atoms with E-state index in [-0.39, 0.29) is 5.41 Å². The average molecular weight is 472 g/mol. The van der Waals surface area contributed by atoms with Gasteiger partial charge in [0.1, 0.15) is 0 Å². The van der Waals surface area contributed by atoms with Crippen molar-refractivity contribution in [2.24, 2.45) is 0 Å². The van der Waals surface area contributed by atoms with Gasteiger partial charge in [0.15, 0.2) is 11.5 Å². The van der Waals surface area contributed by atoms with Gasteiger partial charge in [0, 0.05) is 0 Å². The molecular formula is C34H33NO. The van der Waals surface area contributed by atoms with Crippen molar-refractivity contribution in [2.75, 3.05) is 4.90 Å². The van der Waals surface area contributed by atoms with Crippen LogP contribution in [0.2, 0.25) is 0 Å². The Labute approximate surface area is 214 Å². The normalized spacial score (nSPS) is 13.0. The van der Waals surface area contributed by atoms with Crippen LogP contribution in [0.1, 0.15) is 48.6 Å². The summed E-state index contributed by atoms with van der Waals surface area (Å²) in [5.74, 6) is 1.79. The molecule has 0 atom stereocenters. The number of aryl methyl sites for hydroxylation is 4. The van der Waals surface area contributed by atoms with Crippen molar-refractivity contribution < 1.29 is 4.74 Å². The summed E-state index contributed by atoms with van der Waals surface area (Å²) in [6.45, 7) is 15.7. The maximum absolute atomic E-state index is 6.66. The standard InChI is InChI=1S/C34H33NO/c1-20-10-9-13-25-17-31-30(18-27(20)25)35(33-22(3)14-26(15-23(33)4)34(5,6)7)29-16-24-12-8-11-21(2)28(24)19-32(29)36-31/h8-19H,1-7H3. The van der Waals surface area contributed by atoms with Crippen molar-refractivity contribution >= 4 is 38.6 Å². The van der Waals surface area contributed by atoms with Gasteiger partial charge in [-0.3, -0.25) is 0 Å². The van der Waals surface area contributed by atoms with E-state index in [1.165, 1.54) is 55.0 Å². The minimum absolute atomic E-state index is 0.0932. The lowest BCUT2D eigenvalue weighted by Crippen LogP contribution is -2.19. The number of ether oxygens (including phenoxy) is 1. The van der Waals surface area contributed by atoms with Crippen molar-refractivity contribution in [1.82, 2.24) is 0 Å². The summed E-state index contributed by atoms with van der Waals surface area (Å²) >= 11 is 0. The zero-order valence-electron chi connectivity index (χ0n) is 22.3. The van der Waals surface area contributed by atoms with Gasteiger partial charge >= 0.3 is 0 Å². The molecule has 0 bridgehead atoms. The van der Waals surface area contributed by atoms with Crippen molar-refractivity contribution in [2.45, 2.75) is 53.9 Å². The highest BCUT2D eigenvalue weighted by molar-refractivity contribution is 6.01. The van der Waals surface area contributed by atoms with Crippen LogP contribution in [-0.2, 0) is 5.41 Å². The van der Waals surface area contributed by atoms with E-state index >= 15 is 0 Å². The van der Waals surface area contributed by atoms with Crippen LogP contribution in [0, 0.1) is 27.7 Å². The van der Waals surface area contributed by atoms with E-state index in [0.29, 0.717) is 0 Å². The Morgan fingerprint density at radius 2 is 1.11 bits per heavy atom. The summed E-state index contributed by atoms with van der Waals surface area (Å²) in [5.41, 5.74) is 9.93. The topological polar surface area (TPSA) is 12.5 Å². The molecule has 0 amide bonds. The first-order valence-electron chi connectivity index (χ1n) is 12.8. The van der Waals surface area contributed by atoms with E-state index in [1.54, 1.807) is 0 Å². The molecule has 0 saturated carbocycles. The summed E-state index contributed by atoms with van der Waals surface area (Å²) in [7, 11) is 0. The van der Waals surface area contributed by atoms with Crippen LogP contribution in [0.3, 0.4) is 0 Å². The molecule has 0 radical (unpaired) electrons. The van der Waals surface area contributed by atoms with Crippen LogP contribution in [0.4, 0.5) is 17.1 Å². The summed E-state index contributed by atoms with van der Waals surface area (Å²) in [6, 6.07) is 26.7. The molecule has 36 heavy (non-hydrogen) atoms. The Morgan fingerprint density at radius 1 is 0.583 bits per heavy atom. The molecule has 0 fully saturated rings. The molecule has 180 valence electrons. The van der Waals surface area contributed by atoms with E-state index < -0.39 is 0 Å². The fourth-order valence-corrected chi connectivity index (χ4v) is 5.64. The smallest absolute Gasteiger partial charge is 0.152 e. The Bertz CT molecular complexity index is 1660. The highest BCUT2D eigenvalue weighted by Gasteiger charge is 2.30. The maximum Gasteiger partial charge on any atom is 0.152 e. The quantitative estimate of drug-likeness (QED) is 0.236. The molecule has 1 aliphatic heterocycles. The number of nitrogens with zero attached hydrogens (tertiary/aromatic N) is 1. The molecule has 0 spiro atoms. The second-order valence-corrected chi connectivity index (χ2v) is 11.4. The first-order valence-corrected chi connectivity index (χ1v) is 12.8. The fraction of sp³-hybridized carbons (Fsp3) is 0.235. The molecular weight excluding hydrogens is 438 g/mol. The zero-order valence-corrected chi connectivity index (χ0v) is 22.3. The van der Waals surface area contributed by atoms with Crippen molar-refractivity contribution in [1.29, 1.82) is 0 Å². The minimum atomic E-state index is 0.0932. The van der Waals surface area contributed by atoms with Crippen molar-refractivity contribution in [3.05, 3.63) is 101 Å². The first kappa shape index (κ1) is 22.7. The summed E-state index contributed by atoms with van der Waals surface area (Å²) in [4.78, 5) is 2.43. The largest absolute Gasteiger partial charge is 0.453 e. The average Bonchev–Trinajstić information content (AvgIpc) is 2.81. The van der Waals surface area contributed by atoms with Crippen molar-refractivity contribution in [3.63, 3.8) is 0 Å². The first-order chi connectivity index (χ1) is 17.1. The number of hydrogen-bond acceptors (Lipinski definition) is 2. The minimum Gasteiger partial charge on any atom is -0.453 e. The SMILES string of the molecule is Cc1cc(C(C)(C)C)cc(C)c1N1c2cc3cccc(C)c3cc2Oc2cc3cccc(C)c3cc21. The molecule has 0 N–H and O–H groups in total. The van der Waals surface area contributed by atoms with Crippen LogP contribution in [0.25, 0.3) is 21.5 Å². The van der Waals surface area contributed by atoms with Crippen LogP contribution >= 0.6 is 0 Å². The molecule has 0 aliphatic carbocycles. The van der Waals surface area contributed by atoms with Crippen LogP contribution < -0.4 is 9.64 Å². The Balaban J connectivity index is 1.69. The molecule has 2 nitrogen and oxygen atoms in total. The van der Waals surface area contributed by atoms with E-state index in [0.717, 1.165) is 22.9 Å². The number of hydrogen-bond donors (Lipinski definition) is 0. The zero-order chi connectivity index (χ0) is 25.4. The number of benzene rings is 5. The molecule has 0 saturated heterocycles. The third-order valence-corrected chi connectivity index (χ3v) is 7.64. The lowest BCUT2D eigenvalue weighted by atomic mass is 9.84. The van der Waals surface area contributed by atoms with Crippen LogP contribution in [-0.4, -0.2) is 0 Å². The van der Waals surface area contributed by atoms with Gasteiger partial charge in [-0.25, -0.2) is 0 Å². The lowest BCUT2D eigenvalue weighted by Gasteiger charge is -2.36. The predicted molar refractivity (Wildman–Crippen MR) is 154 cm³/mol. The predicted octanol–water partition coefficient (Wildman–Crippen LogP) is 10.1. The third kappa shape index (κ3) is 3.47. The highest BCUT2D eigenvalue weighted by Crippen LogP contribution is 2.54. The molecule has 6 rings (SSSR count). The molecule has 5 aromatic rings. The fourth-order valence-electron chi connectivity index (χ4n) is 5.64. The van der Waals surface area contributed by atoms with Gasteiger partial charge in [-0.15, -0.1) is 0 Å². The van der Waals surface area contributed by atoms with Crippen LogP contribution in [0.15, 0.2) is 72.8 Å². The third-order valence-electron chi connectivity index (χ3n) is 7.64. The monoisotopic (exact) mass is 471 g/mol. The second-order valence-electron chi connectivity index (χ2n) is 11.4. The van der Waals surface area contributed by atoms with Gasteiger partial charge in [0.2, 0.25) is 0 Å². The van der Waals surface area contributed by atoms with E-state index in [9.17, 15) is 0 Å². The Hall–Kier alpha value is -3.78.